The van der Waals surface area contributed by atoms with Crippen molar-refractivity contribution >= 4 is 25.5 Å². The topological polar surface area (TPSA) is 83.5 Å². The Bertz CT molecular complexity index is 679. The molecule has 0 amide bonds. The van der Waals surface area contributed by atoms with E-state index >= 15 is 0 Å². The van der Waals surface area contributed by atoms with E-state index < -0.39 is 19.9 Å². The van der Waals surface area contributed by atoms with Crippen LogP contribution in [-0.4, -0.2) is 48.0 Å². The Kier molecular flexibility index (Phi) is 5.17. The number of hydrogen-bond donors (Lipinski definition) is 1. The molecular weight excluding hydrogens is 300 g/mol. The summed E-state index contributed by atoms with van der Waals surface area (Å²) in [7, 11) is -4.36. The molecule has 1 aromatic carbocycles. The van der Waals surface area contributed by atoms with Gasteiger partial charge in [0.1, 0.15) is 4.90 Å². The fourth-order valence-electron chi connectivity index (χ4n) is 1.55. The maximum absolute atomic E-state index is 12.3. The lowest BCUT2D eigenvalue weighted by Gasteiger charge is -2.17. The van der Waals surface area contributed by atoms with Gasteiger partial charge in [-0.25, -0.2) is 21.1 Å². The van der Waals surface area contributed by atoms with Crippen LogP contribution < -0.4 is 5.32 Å². The van der Waals surface area contributed by atoms with E-state index in [-0.39, 0.29) is 9.79 Å². The molecule has 0 saturated heterocycles. The lowest BCUT2D eigenvalue weighted by atomic mass is 10.3. The van der Waals surface area contributed by atoms with Crippen molar-refractivity contribution in [3.05, 3.63) is 18.2 Å². The van der Waals surface area contributed by atoms with Crippen molar-refractivity contribution in [2.24, 2.45) is 0 Å². The number of sulfonamides is 1. The molecule has 0 unspecified atom stereocenters. The van der Waals surface area contributed by atoms with Gasteiger partial charge >= 0.3 is 0 Å². The van der Waals surface area contributed by atoms with Crippen LogP contribution in [0.4, 0.5) is 5.69 Å². The molecule has 0 aromatic heterocycles. The van der Waals surface area contributed by atoms with Crippen LogP contribution in [0.3, 0.4) is 0 Å². The monoisotopic (exact) mass is 320 g/mol. The Morgan fingerprint density at radius 2 is 1.75 bits per heavy atom. The Morgan fingerprint density at radius 1 is 1.15 bits per heavy atom. The van der Waals surface area contributed by atoms with Gasteiger partial charge in [-0.15, -0.1) is 0 Å². The fraction of sp³-hybridized carbons (Fsp3) is 0.500. The third-order valence-electron chi connectivity index (χ3n) is 2.71. The molecule has 6 nitrogen and oxygen atoms in total. The highest BCUT2D eigenvalue weighted by Gasteiger charge is 2.23. The number of rotatable bonds is 6. The molecule has 0 fully saturated rings. The van der Waals surface area contributed by atoms with Gasteiger partial charge in [-0.05, 0) is 24.6 Å². The quantitative estimate of drug-likeness (QED) is 0.850. The van der Waals surface area contributed by atoms with E-state index in [9.17, 15) is 16.8 Å². The molecule has 1 N–H and O–H groups in total. The minimum Gasteiger partial charge on any atom is -0.384 e. The first-order chi connectivity index (χ1) is 9.10. The van der Waals surface area contributed by atoms with E-state index in [0.717, 1.165) is 17.0 Å². The molecule has 114 valence electrons. The Hall–Kier alpha value is -1.12. The summed E-state index contributed by atoms with van der Waals surface area (Å²) in [5.74, 6) is 0. The molecule has 0 saturated carbocycles. The predicted octanol–water partition coefficient (Wildman–Crippen LogP) is 1.16. The van der Waals surface area contributed by atoms with Crippen LogP contribution in [0.5, 0.6) is 0 Å². The van der Waals surface area contributed by atoms with Gasteiger partial charge in [0.25, 0.3) is 0 Å². The minimum atomic E-state index is -3.71. The summed E-state index contributed by atoms with van der Waals surface area (Å²) in [4.78, 5) is -0.0427. The molecule has 1 rings (SSSR count). The summed E-state index contributed by atoms with van der Waals surface area (Å²) in [5, 5.41) is 3.00. The smallest absolute Gasteiger partial charge is 0.244 e. The van der Waals surface area contributed by atoms with Crippen molar-refractivity contribution in [3.8, 4) is 0 Å². The summed E-state index contributed by atoms with van der Waals surface area (Å²) in [6, 6.07) is 4.09. The average Bonchev–Trinajstić information content (AvgIpc) is 2.34. The third kappa shape index (κ3) is 3.71. The number of benzene rings is 1. The van der Waals surface area contributed by atoms with Crippen molar-refractivity contribution in [2.75, 3.05) is 32.2 Å². The highest BCUT2D eigenvalue weighted by Crippen LogP contribution is 2.26. The molecule has 0 heterocycles. The van der Waals surface area contributed by atoms with E-state index in [2.05, 4.69) is 5.32 Å². The highest BCUT2D eigenvalue weighted by molar-refractivity contribution is 7.91. The number of sulfone groups is 1. The maximum Gasteiger partial charge on any atom is 0.244 e. The third-order valence-corrected chi connectivity index (χ3v) is 5.67. The normalized spacial score (nSPS) is 12.7. The van der Waals surface area contributed by atoms with Gasteiger partial charge < -0.3 is 5.32 Å². The van der Waals surface area contributed by atoms with Crippen molar-refractivity contribution in [1.29, 1.82) is 0 Å². The fourth-order valence-corrected chi connectivity index (χ4v) is 3.36. The molecule has 8 heteroatoms. The SMILES string of the molecule is CCCNc1ccc(S(C)(=O)=O)cc1S(=O)(=O)N(C)C. The molecule has 0 radical (unpaired) electrons. The number of hydrogen-bond acceptors (Lipinski definition) is 5. The summed E-state index contributed by atoms with van der Waals surface area (Å²) >= 11 is 0. The lowest BCUT2D eigenvalue weighted by Crippen LogP contribution is -2.23. The number of anilines is 1. The Morgan fingerprint density at radius 3 is 2.20 bits per heavy atom. The summed E-state index contributed by atoms with van der Waals surface area (Å²) in [5.41, 5.74) is 0.410. The van der Waals surface area contributed by atoms with Gasteiger partial charge in [-0.3, -0.25) is 0 Å². The highest BCUT2D eigenvalue weighted by atomic mass is 32.2. The van der Waals surface area contributed by atoms with Gasteiger partial charge in [-0.1, -0.05) is 6.92 Å². The van der Waals surface area contributed by atoms with Crippen LogP contribution in [0.15, 0.2) is 28.0 Å². The summed E-state index contributed by atoms with van der Waals surface area (Å²) in [6.07, 6.45) is 1.88. The maximum atomic E-state index is 12.3. The second kappa shape index (κ2) is 6.11. The van der Waals surface area contributed by atoms with E-state index in [1.807, 2.05) is 6.92 Å². The van der Waals surface area contributed by atoms with E-state index in [1.165, 1.54) is 32.3 Å². The average molecular weight is 320 g/mol. The van der Waals surface area contributed by atoms with Gasteiger partial charge in [0, 0.05) is 26.9 Å². The summed E-state index contributed by atoms with van der Waals surface area (Å²) in [6.45, 7) is 2.56. The zero-order valence-electron chi connectivity index (χ0n) is 12.0. The largest absolute Gasteiger partial charge is 0.384 e. The summed E-state index contributed by atoms with van der Waals surface area (Å²) < 4.78 is 48.8. The molecule has 1 aromatic rings. The zero-order valence-corrected chi connectivity index (χ0v) is 13.7. The molecule has 0 bridgehead atoms. The molecule has 0 aliphatic rings. The first-order valence-electron chi connectivity index (χ1n) is 6.11. The first kappa shape index (κ1) is 16.9. The van der Waals surface area contributed by atoms with Gasteiger partial charge in [0.05, 0.1) is 10.6 Å². The van der Waals surface area contributed by atoms with Crippen molar-refractivity contribution in [3.63, 3.8) is 0 Å². The van der Waals surface area contributed by atoms with Crippen molar-refractivity contribution < 1.29 is 16.8 Å². The number of nitrogens with one attached hydrogen (secondary N) is 1. The second-order valence-electron chi connectivity index (χ2n) is 4.64. The molecule has 20 heavy (non-hydrogen) atoms. The van der Waals surface area contributed by atoms with Crippen LogP contribution in [0.2, 0.25) is 0 Å². The van der Waals surface area contributed by atoms with Crippen molar-refractivity contribution in [2.45, 2.75) is 23.1 Å². The minimum absolute atomic E-state index is 0.0139. The molecular formula is C12H20N2O4S2. The van der Waals surface area contributed by atoms with Crippen LogP contribution in [0, 0.1) is 0 Å². The van der Waals surface area contributed by atoms with Gasteiger partial charge in [0.15, 0.2) is 9.84 Å². The van der Waals surface area contributed by atoms with E-state index in [4.69, 9.17) is 0 Å². The van der Waals surface area contributed by atoms with Crippen LogP contribution in [-0.2, 0) is 19.9 Å². The van der Waals surface area contributed by atoms with Crippen LogP contribution in [0.1, 0.15) is 13.3 Å². The number of nitrogens with zero attached hydrogens (tertiary/aromatic N) is 1. The predicted molar refractivity (Wildman–Crippen MR) is 79.2 cm³/mol. The molecule has 0 atom stereocenters. The Balaban J connectivity index is 3.50. The molecule has 0 spiro atoms. The standard InChI is InChI=1S/C12H20N2O4S2/c1-5-8-13-11-7-6-10(19(4,15)16)9-12(11)20(17,18)14(2)3/h6-7,9,13H,5,8H2,1-4H3. The van der Waals surface area contributed by atoms with E-state index in [0.29, 0.717) is 12.2 Å². The lowest BCUT2D eigenvalue weighted by molar-refractivity contribution is 0.521. The van der Waals surface area contributed by atoms with Gasteiger partial charge in [0.2, 0.25) is 10.0 Å². The zero-order chi connectivity index (χ0) is 15.6. The Labute approximate surface area is 120 Å². The van der Waals surface area contributed by atoms with Gasteiger partial charge in [-0.2, -0.15) is 0 Å². The van der Waals surface area contributed by atoms with Crippen LogP contribution in [0.25, 0.3) is 0 Å². The molecule has 0 aliphatic heterocycles. The van der Waals surface area contributed by atoms with E-state index in [1.54, 1.807) is 0 Å². The first-order valence-corrected chi connectivity index (χ1v) is 9.44. The molecule has 0 aliphatic carbocycles. The second-order valence-corrected chi connectivity index (χ2v) is 8.78. The van der Waals surface area contributed by atoms with Crippen LogP contribution >= 0.6 is 0 Å². The van der Waals surface area contributed by atoms with Crippen molar-refractivity contribution in [1.82, 2.24) is 4.31 Å².